The molecular formula is C25H34N4O6. The first-order chi connectivity index (χ1) is 16.6. The Morgan fingerprint density at radius 2 is 1.97 bits per heavy atom. The minimum absolute atomic E-state index is 0.00449. The van der Waals surface area contributed by atoms with E-state index in [0.717, 1.165) is 0 Å². The number of nitrogens with one attached hydrogen (secondary N) is 1. The maximum Gasteiger partial charge on any atom is 0.277 e. The molecule has 2 heterocycles. The third-order valence-corrected chi connectivity index (χ3v) is 6.19. The zero-order valence-electron chi connectivity index (χ0n) is 21.2. The van der Waals surface area contributed by atoms with Crippen LogP contribution >= 0.6 is 0 Å². The highest BCUT2D eigenvalue weighted by molar-refractivity contribution is 6.03. The molecule has 3 atom stereocenters. The van der Waals surface area contributed by atoms with Crippen molar-refractivity contribution in [1.29, 1.82) is 0 Å². The van der Waals surface area contributed by atoms with Gasteiger partial charge in [0.15, 0.2) is 5.69 Å². The van der Waals surface area contributed by atoms with E-state index in [1.807, 2.05) is 20.8 Å². The predicted octanol–water partition coefficient (Wildman–Crippen LogP) is 2.98. The summed E-state index contributed by atoms with van der Waals surface area (Å²) in [4.78, 5) is 41.9. The first-order valence-corrected chi connectivity index (χ1v) is 11.7. The van der Waals surface area contributed by atoms with Crippen LogP contribution in [-0.4, -0.2) is 78.7 Å². The summed E-state index contributed by atoms with van der Waals surface area (Å²) >= 11 is 0. The third-order valence-electron chi connectivity index (χ3n) is 6.19. The zero-order chi connectivity index (χ0) is 25.7. The molecule has 0 bridgehead atoms. The van der Waals surface area contributed by atoms with Gasteiger partial charge in [0.25, 0.3) is 11.8 Å². The summed E-state index contributed by atoms with van der Waals surface area (Å²) in [5.74, 6) is 0.193. The van der Waals surface area contributed by atoms with Crippen LogP contribution in [0.2, 0.25) is 0 Å². The van der Waals surface area contributed by atoms with Crippen molar-refractivity contribution < 1.29 is 28.4 Å². The van der Waals surface area contributed by atoms with E-state index in [4.69, 9.17) is 14.0 Å². The van der Waals surface area contributed by atoms with Crippen molar-refractivity contribution in [2.45, 2.75) is 46.3 Å². The van der Waals surface area contributed by atoms with Crippen LogP contribution in [0.5, 0.6) is 5.75 Å². The Morgan fingerprint density at radius 3 is 2.60 bits per heavy atom. The monoisotopic (exact) mass is 486 g/mol. The molecule has 0 unspecified atom stereocenters. The minimum atomic E-state index is -0.441. The highest BCUT2D eigenvalue weighted by atomic mass is 16.5. The molecule has 0 saturated heterocycles. The molecule has 1 aromatic heterocycles. The lowest BCUT2D eigenvalue weighted by Crippen LogP contribution is -2.48. The molecule has 1 N–H and O–H groups in total. The number of benzene rings is 1. The predicted molar refractivity (Wildman–Crippen MR) is 130 cm³/mol. The van der Waals surface area contributed by atoms with Gasteiger partial charge in [-0.3, -0.25) is 14.4 Å². The van der Waals surface area contributed by atoms with Crippen LogP contribution in [0.25, 0.3) is 0 Å². The number of rotatable bonds is 4. The number of amides is 3. The summed E-state index contributed by atoms with van der Waals surface area (Å²) in [6.07, 6.45) is 0.123. The van der Waals surface area contributed by atoms with E-state index in [-0.39, 0.29) is 42.2 Å². The van der Waals surface area contributed by atoms with Crippen LogP contribution in [0.15, 0.2) is 28.8 Å². The second-order valence-electron chi connectivity index (χ2n) is 8.98. The smallest absolute Gasteiger partial charge is 0.277 e. The molecule has 0 fully saturated rings. The number of ether oxygens (including phenoxy) is 2. The Hall–Kier alpha value is -3.40. The number of anilines is 1. The van der Waals surface area contributed by atoms with Crippen molar-refractivity contribution in [2.75, 3.05) is 39.2 Å². The number of nitrogens with zero attached hydrogens (tertiary/aromatic N) is 3. The summed E-state index contributed by atoms with van der Waals surface area (Å²) in [6, 6.07) is 6.16. The fourth-order valence-electron chi connectivity index (χ4n) is 4.07. The largest absolute Gasteiger partial charge is 0.491 e. The molecule has 3 amide bonds. The maximum absolute atomic E-state index is 13.3. The van der Waals surface area contributed by atoms with E-state index in [1.54, 1.807) is 49.1 Å². The van der Waals surface area contributed by atoms with Gasteiger partial charge in [-0.1, -0.05) is 19.0 Å². The number of likely N-dealkylation sites (N-methyl/N-ethyl adjacent to an activating group) is 1. The lowest BCUT2D eigenvalue weighted by Gasteiger charge is -2.36. The number of aromatic nitrogens is 1. The standard InChI is InChI=1S/C25H34N4O6/c1-7-23(30)29-12-15(2)22(33-6)13-28(5)25(32)19-9-8-18(11-21(19)34-14-16(29)3)26-24(31)20-10-17(4)35-27-20/h8-11,15-16,22H,7,12-14H2,1-6H3,(H,26,31)/t15-,16-,22+/m1/s1. The Morgan fingerprint density at radius 1 is 1.23 bits per heavy atom. The molecule has 1 aromatic carbocycles. The molecule has 2 aromatic rings. The van der Waals surface area contributed by atoms with E-state index in [0.29, 0.717) is 42.3 Å². The van der Waals surface area contributed by atoms with Gasteiger partial charge in [-0.25, -0.2) is 0 Å². The Bertz CT molecular complexity index is 1070. The average molecular weight is 487 g/mol. The minimum Gasteiger partial charge on any atom is -0.491 e. The maximum atomic E-state index is 13.3. The summed E-state index contributed by atoms with van der Waals surface area (Å²) in [5.41, 5.74) is 0.940. The highest BCUT2D eigenvalue weighted by Gasteiger charge is 2.30. The van der Waals surface area contributed by atoms with Gasteiger partial charge >= 0.3 is 0 Å². The van der Waals surface area contributed by atoms with Crippen molar-refractivity contribution in [3.8, 4) is 5.75 Å². The lowest BCUT2D eigenvalue weighted by atomic mass is 10.0. The van der Waals surface area contributed by atoms with E-state index in [9.17, 15) is 14.4 Å². The van der Waals surface area contributed by atoms with Gasteiger partial charge in [0.1, 0.15) is 18.1 Å². The van der Waals surface area contributed by atoms with Gasteiger partial charge in [0.05, 0.1) is 17.7 Å². The summed E-state index contributed by atoms with van der Waals surface area (Å²) in [6.45, 7) is 8.48. The van der Waals surface area contributed by atoms with Crippen molar-refractivity contribution in [2.24, 2.45) is 5.92 Å². The quantitative estimate of drug-likeness (QED) is 0.707. The zero-order valence-corrected chi connectivity index (χ0v) is 21.2. The van der Waals surface area contributed by atoms with Gasteiger partial charge in [-0.2, -0.15) is 0 Å². The number of methoxy groups -OCH3 is 1. The van der Waals surface area contributed by atoms with Crippen LogP contribution < -0.4 is 10.1 Å². The topological polar surface area (TPSA) is 114 Å². The number of hydrogen-bond acceptors (Lipinski definition) is 7. The van der Waals surface area contributed by atoms with Gasteiger partial charge < -0.3 is 29.1 Å². The van der Waals surface area contributed by atoms with Crippen molar-refractivity contribution in [1.82, 2.24) is 15.0 Å². The van der Waals surface area contributed by atoms with Crippen LogP contribution in [0, 0.1) is 12.8 Å². The molecule has 0 spiro atoms. The van der Waals surface area contributed by atoms with E-state index in [1.165, 1.54) is 6.07 Å². The molecule has 0 radical (unpaired) electrons. The van der Waals surface area contributed by atoms with Gasteiger partial charge in [0.2, 0.25) is 5.91 Å². The third kappa shape index (κ3) is 6.19. The van der Waals surface area contributed by atoms with Crippen LogP contribution in [0.1, 0.15) is 53.8 Å². The first kappa shape index (κ1) is 26.2. The summed E-state index contributed by atoms with van der Waals surface area (Å²) in [7, 11) is 3.32. The SMILES string of the molecule is CCC(=O)N1C[C@@H](C)[C@@H](OC)CN(C)C(=O)c2ccc(NC(=O)c3cc(C)on3)cc2OC[C@H]1C. The van der Waals surface area contributed by atoms with Crippen LogP contribution in [0.3, 0.4) is 0 Å². The first-order valence-electron chi connectivity index (χ1n) is 11.7. The number of aryl methyl sites for hydroxylation is 1. The molecule has 1 aliphatic rings. The summed E-state index contributed by atoms with van der Waals surface area (Å²) in [5, 5.41) is 6.48. The number of carbonyl (C=O) groups excluding carboxylic acids is 3. The fourth-order valence-corrected chi connectivity index (χ4v) is 4.07. The van der Waals surface area contributed by atoms with Gasteiger partial charge in [-0.05, 0) is 26.0 Å². The second-order valence-corrected chi connectivity index (χ2v) is 8.98. The van der Waals surface area contributed by atoms with Crippen molar-refractivity contribution >= 4 is 23.4 Å². The lowest BCUT2D eigenvalue weighted by molar-refractivity contribution is -0.135. The summed E-state index contributed by atoms with van der Waals surface area (Å²) < 4.78 is 16.7. The average Bonchev–Trinajstić information content (AvgIpc) is 3.29. The highest BCUT2D eigenvalue weighted by Crippen LogP contribution is 2.27. The molecule has 3 rings (SSSR count). The number of hydrogen-bond donors (Lipinski definition) is 1. The molecule has 10 nitrogen and oxygen atoms in total. The van der Waals surface area contributed by atoms with E-state index < -0.39 is 5.91 Å². The van der Waals surface area contributed by atoms with Gasteiger partial charge in [0, 0.05) is 57.4 Å². The second kappa shape index (κ2) is 11.4. The van der Waals surface area contributed by atoms with Crippen molar-refractivity contribution in [3.05, 3.63) is 41.3 Å². The molecule has 10 heteroatoms. The number of fused-ring (bicyclic) bond motifs is 1. The molecule has 0 saturated carbocycles. The van der Waals surface area contributed by atoms with Crippen LogP contribution in [-0.2, 0) is 9.53 Å². The normalized spacial score (nSPS) is 21.4. The van der Waals surface area contributed by atoms with Gasteiger partial charge in [-0.15, -0.1) is 0 Å². The molecule has 1 aliphatic heterocycles. The Labute approximate surface area is 205 Å². The van der Waals surface area contributed by atoms with E-state index >= 15 is 0 Å². The number of carbonyl (C=O) groups is 3. The van der Waals surface area contributed by atoms with E-state index in [2.05, 4.69) is 10.5 Å². The van der Waals surface area contributed by atoms with Crippen molar-refractivity contribution in [3.63, 3.8) is 0 Å². The molecular weight excluding hydrogens is 452 g/mol. The molecule has 35 heavy (non-hydrogen) atoms. The molecule has 190 valence electrons. The molecule has 0 aliphatic carbocycles. The Balaban J connectivity index is 1.94. The Kier molecular flexibility index (Phi) is 8.50. The fraction of sp³-hybridized carbons (Fsp3) is 0.520. The van der Waals surface area contributed by atoms with Crippen LogP contribution in [0.4, 0.5) is 5.69 Å².